The summed E-state index contributed by atoms with van der Waals surface area (Å²) in [5.41, 5.74) is 6.22. The van der Waals surface area contributed by atoms with Crippen molar-refractivity contribution < 1.29 is 19.0 Å². The molecule has 2 saturated heterocycles. The summed E-state index contributed by atoms with van der Waals surface area (Å²) in [5.74, 6) is 0.853. The lowest BCUT2D eigenvalue weighted by atomic mass is 9.83. The van der Waals surface area contributed by atoms with Gasteiger partial charge in [-0.3, -0.25) is 0 Å². The Labute approximate surface area is 386 Å². The van der Waals surface area contributed by atoms with Gasteiger partial charge in [0.05, 0.1) is 37.9 Å². The zero-order chi connectivity index (χ0) is 43.5. The molecule has 322 valence electrons. The zero-order valence-corrected chi connectivity index (χ0v) is 38.7. The van der Waals surface area contributed by atoms with Crippen molar-refractivity contribution in [2.45, 2.75) is 84.0 Å². The molecular weight excluding hydrogens is 858 g/mol. The fraction of sp³-hybridized carbons (Fsp3) is 0.327. The summed E-state index contributed by atoms with van der Waals surface area (Å²) in [6.45, 7) is 12.4. The minimum atomic E-state index is -1.63. The Bertz CT molecular complexity index is 2320. The van der Waals surface area contributed by atoms with Crippen LogP contribution < -0.4 is 19.3 Å². The van der Waals surface area contributed by atoms with Crippen molar-refractivity contribution >= 4 is 74.9 Å². The van der Waals surface area contributed by atoms with Crippen LogP contribution in [0.3, 0.4) is 0 Å². The second-order valence-corrected chi connectivity index (χ2v) is 18.0. The van der Waals surface area contributed by atoms with Crippen LogP contribution in [0, 0.1) is 0 Å². The number of anilines is 2. The third-order valence-electron chi connectivity index (χ3n) is 12.3. The highest BCUT2D eigenvalue weighted by atomic mass is 35.5. The van der Waals surface area contributed by atoms with E-state index in [-0.39, 0.29) is 37.9 Å². The Kier molecular flexibility index (Phi) is 13.5. The predicted molar refractivity (Wildman–Crippen MR) is 257 cm³/mol. The molecule has 8 rings (SSSR count). The first-order chi connectivity index (χ1) is 30.0. The lowest BCUT2D eigenvalue weighted by Gasteiger charge is -2.28. The standard InChI is InChI=1S/C52H52Cl4N2O4/c1-5-33(3)60-41-23-15-37(16-24-41)43(35-11-19-39(20-12-35)57-27-7-8-28-57)31-52(46-45(51(59)62-52)47(53)49(55)50(56)48(46)54)32-44(38-17-25-42(26-18-38)61-34(4)6-2)36-13-21-40(22-14-36)58-29-9-10-30-58/h11-26,31-34H,5-10,27-30H2,1-4H3. The minimum Gasteiger partial charge on any atom is -0.491 e. The Morgan fingerprint density at radius 1 is 0.581 bits per heavy atom. The first-order valence-corrected chi connectivity index (χ1v) is 23.3. The number of benzene rings is 5. The molecule has 2 fully saturated rings. The maximum Gasteiger partial charge on any atom is 0.341 e. The van der Waals surface area contributed by atoms with Crippen molar-refractivity contribution in [3.05, 3.63) is 163 Å². The van der Waals surface area contributed by atoms with E-state index >= 15 is 0 Å². The molecule has 0 bridgehead atoms. The van der Waals surface area contributed by atoms with Crippen LogP contribution in [-0.2, 0) is 10.3 Å². The number of cyclic esters (lactones) is 1. The van der Waals surface area contributed by atoms with E-state index in [9.17, 15) is 4.79 Å². The largest absolute Gasteiger partial charge is 0.491 e. The molecule has 6 nitrogen and oxygen atoms in total. The van der Waals surface area contributed by atoms with E-state index in [0.29, 0.717) is 5.56 Å². The zero-order valence-electron chi connectivity index (χ0n) is 35.7. The van der Waals surface area contributed by atoms with E-state index in [4.69, 9.17) is 60.6 Å². The molecule has 2 unspecified atom stereocenters. The second kappa shape index (κ2) is 19.0. The van der Waals surface area contributed by atoms with Gasteiger partial charge in [0, 0.05) is 43.1 Å². The first kappa shape index (κ1) is 44.0. The smallest absolute Gasteiger partial charge is 0.341 e. The van der Waals surface area contributed by atoms with Crippen molar-refractivity contribution in [1.82, 2.24) is 0 Å². The van der Waals surface area contributed by atoms with Gasteiger partial charge in [-0.25, -0.2) is 4.79 Å². The maximum atomic E-state index is 14.4. The molecule has 5 aromatic rings. The lowest BCUT2D eigenvalue weighted by Crippen LogP contribution is -2.23. The number of nitrogens with zero attached hydrogens (tertiary/aromatic N) is 2. The fourth-order valence-electron chi connectivity index (χ4n) is 8.50. The van der Waals surface area contributed by atoms with Crippen LogP contribution >= 0.6 is 46.4 Å². The summed E-state index contributed by atoms with van der Waals surface area (Å²) >= 11 is 27.7. The molecule has 0 aliphatic carbocycles. The van der Waals surface area contributed by atoms with Crippen molar-refractivity contribution in [2.75, 3.05) is 36.0 Å². The molecule has 62 heavy (non-hydrogen) atoms. The molecule has 3 aliphatic rings. The van der Waals surface area contributed by atoms with Gasteiger partial charge in [-0.1, -0.05) is 109 Å². The Morgan fingerprint density at radius 3 is 1.31 bits per heavy atom. The van der Waals surface area contributed by atoms with Gasteiger partial charge in [-0.05, 0) is 146 Å². The summed E-state index contributed by atoms with van der Waals surface area (Å²) in [5, 5.41) is 0.0852. The predicted octanol–water partition coefficient (Wildman–Crippen LogP) is 14.5. The number of hydrogen-bond donors (Lipinski definition) is 0. The highest BCUT2D eigenvalue weighted by Gasteiger charge is 2.48. The summed E-state index contributed by atoms with van der Waals surface area (Å²) in [6, 6.07) is 33.1. The topological polar surface area (TPSA) is 51.2 Å². The van der Waals surface area contributed by atoms with Gasteiger partial charge in [0.25, 0.3) is 0 Å². The summed E-state index contributed by atoms with van der Waals surface area (Å²) in [4.78, 5) is 19.2. The maximum absolute atomic E-state index is 14.4. The summed E-state index contributed by atoms with van der Waals surface area (Å²) in [7, 11) is 0. The summed E-state index contributed by atoms with van der Waals surface area (Å²) < 4.78 is 19.1. The molecule has 2 atom stereocenters. The van der Waals surface area contributed by atoms with Crippen LogP contribution in [0.15, 0.2) is 109 Å². The normalized spacial score (nSPS) is 18.8. The molecule has 0 N–H and O–H groups in total. The quantitative estimate of drug-likeness (QED) is 0.0629. The fourth-order valence-corrected chi connectivity index (χ4v) is 9.58. The van der Waals surface area contributed by atoms with Crippen molar-refractivity contribution in [3.63, 3.8) is 0 Å². The Balaban J connectivity index is 1.38. The molecule has 0 saturated carbocycles. The number of hydrogen-bond acceptors (Lipinski definition) is 6. The minimum absolute atomic E-state index is 0.0120. The van der Waals surface area contributed by atoms with Gasteiger partial charge in [-0.2, -0.15) is 0 Å². The number of rotatable bonds is 14. The van der Waals surface area contributed by atoms with Crippen LogP contribution in [0.25, 0.3) is 11.1 Å². The molecule has 0 amide bonds. The molecule has 0 radical (unpaired) electrons. The SMILES string of the molecule is CCC(C)Oc1ccc(C(=CC2(C=C(c3ccc(OC(C)CC)cc3)c3ccc(N4CCCC4)cc3)OC(=O)c3c(Cl)c(Cl)c(Cl)c(Cl)c32)c2ccc(N3CCCC3)cc2)cc1. The monoisotopic (exact) mass is 908 g/mol. The molecule has 3 aliphatic heterocycles. The first-order valence-electron chi connectivity index (χ1n) is 21.8. The van der Waals surface area contributed by atoms with E-state index in [0.717, 1.165) is 95.3 Å². The van der Waals surface area contributed by atoms with E-state index in [1.807, 2.05) is 60.7 Å². The van der Waals surface area contributed by atoms with Gasteiger partial charge >= 0.3 is 5.97 Å². The highest BCUT2D eigenvalue weighted by molar-refractivity contribution is 6.53. The number of halogens is 4. The Hall–Kier alpha value is -4.59. The lowest BCUT2D eigenvalue weighted by molar-refractivity contribution is 0.0300. The molecular formula is C52H52Cl4N2O4. The van der Waals surface area contributed by atoms with E-state index in [1.165, 1.54) is 25.7 Å². The number of ether oxygens (including phenoxy) is 3. The highest BCUT2D eigenvalue weighted by Crippen LogP contribution is 2.54. The number of carbonyl (C=O) groups is 1. The van der Waals surface area contributed by atoms with E-state index in [2.05, 4.69) is 86.0 Å². The average Bonchev–Trinajstić information content (AvgIpc) is 4.09. The van der Waals surface area contributed by atoms with Gasteiger partial charge in [-0.15, -0.1) is 0 Å². The van der Waals surface area contributed by atoms with Gasteiger partial charge in [0.1, 0.15) is 11.5 Å². The van der Waals surface area contributed by atoms with E-state index < -0.39 is 11.6 Å². The van der Waals surface area contributed by atoms with Crippen LogP contribution in [0.4, 0.5) is 11.4 Å². The van der Waals surface area contributed by atoms with Crippen LogP contribution in [0.5, 0.6) is 11.5 Å². The Morgan fingerprint density at radius 2 is 0.935 bits per heavy atom. The third kappa shape index (κ3) is 9.08. The van der Waals surface area contributed by atoms with Crippen molar-refractivity contribution in [3.8, 4) is 11.5 Å². The molecule has 0 spiro atoms. The number of carbonyl (C=O) groups excluding carboxylic acids is 1. The number of fused-ring (bicyclic) bond motifs is 1. The van der Waals surface area contributed by atoms with Crippen molar-refractivity contribution in [2.24, 2.45) is 0 Å². The second-order valence-electron chi connectivity index (χ2n) is 16.5. The van der Waals surface area contributed by atoms with Gasteiger partial charge in [0.15, 0.2) is 5.60 Å². The molecule has 5 aromatic carbocycles. The van der Waals surface area contributed by atoms with Gasteiger partial charge < -0.3 is 24.0 Å². The molecule has 3 heterocycles. The average molecular weight is 911 g/mol. The molecule has 10 heteroatoms. The van der Waals surface area contributed by atoms with Crippen molar-refractivity contribution in [1.29, 1.82) is 0 Å². The number of esters is 1. The summed E-state index contributed by atoms with van der Waals surface area (Å²) in [6.07, 6.45) is 10.5. The third-order valence-corrected chi connectivity index (χ3v) is 14.1. The van der Waals surface area contributed by atoms with Crippen LogP contribution in [0.1, 0.15) is 104 Å². The van der Waals surface area contributed by atoms with Gasteiger partial charge in [0.2, 0.25) is 0 Å². The van der Waals surface area contributed by atoms with Crippen LogP contribution in [-0.4, -0.2) is 44.4 Å². The van der Waals surface area contributed by atoms with E-state index in [1.54, 1.807) is 0 Å². The molecule has 0 aromatic heterocycles. The van der Waals surface area contributed by atoms with Crippen LogP contribution in [0.2, 0.25) is 20.1 Å².